The number of para-hydroxylation sites is 1. The lowest BCUT2D eigenvalue weighted by Gasteiger charge is -2.33. The molecule has 1 saturated heterocycles. The third kappa shape index (κ3) is 4.70. The molecule has 0 aromatic heterocycles. The van der Waals surface area contributed by atoms with Crippen LogP contribution in [0.4, 0.5) is 5.69 Å². The van der Waals surface area contributed by atoms with Gasteiger partial charge in [-0.2, -0.15) is 0 Å². The van der Waals surface area contributed by atoms with Crippen LogP contribution in [-0.4, -0.2) is 43.0 Å². The molecule has 1 aromatic carbocycles. The summed E-state index contributed by atoms with van der Waals surface area (Å²) >= 11 is 0. The smallest absolute Gasteiger partial charge is 0.238 e. The van der Waals surface area contributed by atoms with Crippen LogP contribution in [0.2, 0.25) is 0 Å². The Morgan fingerprint density at radius 1 is 1.48 bits per heavy atom. The normalized spacial score (nSPS) is 18.9. The molecule has 0 radical (unpaired) electrons. The van der Waals surface area contributed by atoms with Crippen LogP contribution in [0.5, 0.6) is 0 Å². The monoisotopic (exact) mass is 311 g/mol. The quantitative estimate of drug-likeness (QED) is 0.896. The maximum absolute atomic E-state index is 12.3. The summed E-state index contributed by atoms with van der Waals surface area (Å²) in [6.45, 7) is 9.64. The van der Waals surface area contributed by atoms with Crippen LogP contribution in [0.3, 0.4) is 0 Å². The number of nitrogens with one attached hydrogen (secondary N) is 2. The molecule has 21 heavy (non-hydrogen) atoms. The molecule has 1 amide bonds. The van der Waals surface area contributed by atoms with E-state index in [4.69, 9.17) is 0 Å². The standard InChI is InChI=1S/C16H25N3O.ClH/c1-4-14-7-5-6-12(2)16(14)18-15(20)11-19-9-8-17-10-13(19)3;/h5-7,13,17H,4,8-11H2,1-3H3,(H,18,20);1H/t13-;/m1./s1. The van der Waals surface area contributed by atoms with Gasteiger partial charge in [0.2, 0.25) is 5.91 Å². The number of piperazine rings is 1. The number of carbonyl (C=O) groups excluding carboxylic acids is 1. The number of aryl methyl sites for hydroxylation is 2. The second-order valence-corrected chi connectivity index (χ2v) is 5.53. The molecule has 1 aliphatic rings. The molecule has 0 aliphatic carbocycles. The molecule has 0 bridgehead atoms. The molecule has 0 spiro atoms. The van der Waals surface area contributed by atoms with E-state index in [1.807, 2.05) is 19.1 Å². The van der Waals surface area contributed by atoms with E-state index in [1.54, 1.807) is 0 Å². The number of hydrogen-bond acceptors (Lipinski definition) is 3. The van der Waals surface area contributed by atoms with Gasteiger partial charge in [0.05, 0.1) is 6.54 Å². The minimum atomic E-state index is 0. The van der Waals surface area contributed by atoms with Gasteiger partial charge >= 0.3 is 0 Å². The predicted octanol–water partition coefficient (Wildman–Crippen LogP) is 2.21. The zero-order valence-corrected chi connectivity index (χ0v) is 13.9. The molecule has 1 atom stereocenters. The summed E-state index contributed by atoms with van der Waals surface area (Å²) in [5, 5.41) is 6.44. The van der Waals surface area contributed by atoms with Gasteiger partial charge < -0.3 is 10.6 Å². The highest BCUT2D eigenvalue weighted by molar-refractivity contribution is 5.93. The number of anilines is 1. The van der Waals surface area contributed by atoms with Gasteiger partial charge in [0.25, 0.3) is 0 Å². The fraction of sp³-hybridized carbons (Fsp3) is 0.562. The van der Waals surface area contributed by atoms with Crippen LogP contribution in [-0.2, 0) is 11.2 Å². The first kappa shape index (κ1) is 18.0. The fourth-order valence-electron chi connectivity index (χ4n) is 2.68. The van der Waals surface area contributed by atoms with Crippen molar-refractivity contribution in [3.63, 3.8) is 0 Å². The Hall–Kier alpha value is -1.10. The van der Waals surface area contributed by atoms with Crippen LogP contribution in [0, 0.1) is 6.92 Å². The van der Waals surface area contributed by atoms with Gasteiger partial charge in [-0.25, -0.2) is 0 Å². The highest BCUT2D eigenvalue weighted by Gasteiger charge is 2.20. The second-order valence-electron chi connectivity index (χ2n) is 5.53. The number of carbonyl (C=O) groups is 1. The summed E-state index contributed by atoms with van der Waals surface area (Å²) in [6, 6.07) is 6.58. The third-order valence-corrected chi connectivity index (χ3v) is 3.99. The summed E-state index contributed by atoms with van der Waals surface area (Å²) in [6.07, 6.45) is 0.932. The van der Waals surface area contributed by atoms with Crippen molar-refractivity contribution in [1.82, 2.24) is 10.2 Å². The number of halogens is 1. The van der Waals surface area contributed by atoms with Crippen molar-refractivity contribution in [1.29, 1.82) is 0 Å². The predicted molar refractivity (Wildman–Crippen MR) is 90.3 cm³/mol. The van der Waals surface area contributed by atoms with E-state index in [0.717, 1.165) is 37.3 Å². The number of benzene rings is 1. The molecular weight excluding hydrogens is 286 g/mol. The number of amides is 1. The molecule has 1 aromatic rings. The first-order chi connectivity index (χ1) is 9.61. The minimum Gasteiger partial charge on any atom is -0.324 e. The molecule has 4 nitrogen and oxygen atoms in total. The van der Waals surface area contributed by atoms with Crippen molar-refractivity contribution in [2.75, 3.05) is 31.5 Å². The summed E-state index contributed by atoms with van der Waals surface area (Å²) in [7, 11) is 0. The second kappa shape index (κ2) is 8.37. The maximum Gasteiger partial charge on any atom is 0.238 e. The zero-order valence-electron chi connectivity index (χ0n) is 13.1. The topological polar surface area (TPSA) is 44.4 Å². The minimum absolute atomic E-state index is 0. The van der Waals surface area contributed by atoms with E-state index < -0.39 is 0 Å². The molecule has 5 heteroatoms. The van der Waals surface area contributed by atoms with Crippen molar-refractivity contribution in [3.8, 4) is 0 Å². The molecule has 118 valence electrons. The van der Waals surface area contributed by atoms with Crippen LogP contribution in [0.1, 0.15) is 25.0 Å². The van der Waals surface area contributed by atoms with Crippen molar-refractivity contribution < 1.29 is 4.79 Å². The van der Waals surface area contributed by atoms with E-state index in [-0.39, 0.29) is 18.3 Å². The van der Waals surface area contributed by atoms with E-state index in [1.165, 1.54) is 5.56 Å². The number of hydrogen-bond donors (Lipinski definition) is 2. The molecule has 0 saturated carbocycles. The van der Waals surface area contributed by atoms with Gasteiger partial charge in [-0.15, -0.1) is 12.4 Å². The van der Waals surface area contributed by atoms with Crippen molar-refractivity contribution in [3.05, 3.63) is 29.3 Å². The van der Waals surface area contributed by atoms with E-state index in [9.17, 15) is 4.79 Å². The molecule has 1 aliphatic heterocycles. The largest absolute Gasteiger partial charge is 0.324 e. The number of rotatable bonds is 4. The van der Waals surface area contributed by atoms with E-state index in [0.29, 0.717) is 12.6 Å². The van der Waals surface area contributed by atoms with Gasteiger partial charge in [0.1, 0.15) is 0 Å². The Balaban J connectivity index is 0.00000220. The average Bonchev–Trinajstić information content (AvgIpc) is 2.43. The van der Waals surface area contributed by atoms with Gasteiger partial charge in [-0.1, -0.05) is 25.1 Å². The zero-order chi connectivity index (χ0) is 14.5. The summed E-state index contributed by atoms with van der Waals surface area (Å²) in [5.74, 6) is 0.0859. The number of nitrogens with zero attached hydrogens (tertiary/aromatic N) is 1. The fourth-order valence-corrected chi connectivity index (χ4v) is 2.68. The molecular formula is C16H26ClN3O. The lowest BCUT2D eigenvalue weighted by Crippen LogP contribution is -2.52. The Bertz CT molecular complexity index is 479. The average molecular weight is 312 g/mol. The van der Waals surface area contributed by atoms with E-state index >= 15 is 0 Å². The van der Waals surface area contributed by atoms with Crippen LogP contribution in [0.15, 0.2) is 18.2 Å². The first-order valence-electron chi connectivity index (χ1n) is 7.45. The Morgan fingerprint density at radius 3 is 2.90 bits per heavy atom. The van der Waals surface area contributed by atoms with Gasteiger partial charge in [0.15, 0.2) is 0 Å². The maximum atomic E-state index is 12.3. The Morgan fingerprint density at radius 2 is 2.24 bits per heavy atom. The van der Waals surface area contributed by atoms with Crippen molar-refractivity contribution in [2.24, 2.45) is 0 Å². The summed E-state index contributed by atoms with van der Waals surface area (Å²) < 4.78 is 0. The van der Waals surface area contributed by atoms with Crippen LogP contribution < -0.4 is 10.6 Å². The lowest BCUT2D eigenvalue weighted by molar-refractivity contribution is -0.118. The van der Waals surface area contributed by atoms with E-state index in [2.05, 4.69) is 35.4 Å². The molecule has 0 unspecified atom stereocenters. The van der Waals surface area contributed by atoms with Crippen LogP contribution >= 0.6 is 12.4 Å². The Kier molecular flexibility index (Phi) is 7.15. The third-order valence-electron chi connectivity index (χ3n) is 3.99. The highest BCUT2D eigenvalue weighted by atomic mass is 35.5. The Labute approximate surface area is 133 Å². The molecule has 2 N–H and O–H groups in total. The molecule has 1 fully saturated rings. The summed E-state index contributed by atoms with van der Waals surface area (Å²) in [4.78, 5) is 14.5. The summed E-state index contributed by atoms with van der Waals surface area (Å²) in [5.41, 5.74) is 3.32. The van der Waals surface area contributed by atoms with Gasteiger partial charge in [-0.05, 0) is 31.4 Å². The lowest BCUT2D eigenvalue weighted by atomic mass is 10.1. The SMILES string of the molecule is CCc1cccc(C)c1NC(=O)CN1CCNC[C@H]1C.Cl. The molecule has 1 heterocycles. The van der Waals surface area contributed by atoms with Crippen LogP contribution in [0.25, 0.3) is 0 Å². The first-order valence-corrected chi connectivity index (χ1v) is 7.45. The van der Waals surface area contributed by atoms with Crippen molar-refractivity contribution in [2.45, 2.75) is 33.2 Å². The highest BCUT2D eigenvalue weighted by Crippen LogP contribution is 2.21. The van der Waals surface area contributed by atoms with Gasteiger partial charge in [-0.3, -0.25) is 9.69 Å². The van der Waals surface area contributed by atoms with Crippen molar-refractivity contribution >= 4 is 24.0 Å². The molecule has 2 rings (SSSR count). The van der Waals surface area contributed by atoms with Gasteiger partial charge in [0, 0.05) is 31.4 Å².